The normalized spacial score (nSPS) is 42.2. The van der Waals surface area contributed by atoms with Crippen molar-refractivity contribution in [2.24, 2.45) is 11.8 Å². The maximum atomic E-state index is 11.1. The predicted octanol–water partition coefficient (Wildman–Crippen LogP) is -0.315. The molecule has 1 saturated carbocycles. The van der Waals surface area contributed by atoms with Gasteiger partial charge in [0.25, 0.3) is 0 Å². The van der Waals surface area contributed by atoms with Crippen molar-refractivity contribution in [3.05, 3.63) is 0 Å². The molecule has 1 aliphatic carbocycles. The highest BCUT2D eigenvalue weighted by atomic mass is 32.2. The van der Waals surface area contributed by atoms with Crippen LogP contribution >= 0.6 is 0 Å². The maximum Gasteiger partial charge on any atom is 0.308 e. The summed E-state index contributed by atoms with van der Waals surface area (Å²) in [6.45, 7) is 0.699. The van der Waals surface area contributed by atoms with E-state index in [1.807, 2.05) is 0 Å². The molecular formula is C7H11NO3S. The van der Waals surface area contributed by atoms with Crippen LogP contribution in [-0.4, -0.2) is 38.4 Å². The van der Waals surface area contributed by atoms with E-state index < -0.39 is 17.0 Å². The molecular weight excluding hydrogens is 178 g/mol. The Hall–Kier alpha value is -0.420. The van der Waals surface area contributed by atoms with Gasteiger partial charge in [0.05, 0.1) is 16.9 Å². The zero-order valence-electron chi connectivity index (χ0n) is 6.77. The van der Waals surface area contributed by atoms with Crippen LogP contribution in [-0.2, 0) is 15.8 Å². The zero-order valence-corrected chi connectivity index (χ0v) is 7.58. The number of carboxylic acid groups (broad SMARTS) is 1. The van der Waals surface area contributed by atoms with Crippen LogP contribution in [0.15, 0.2) is 0 Å². The Bertz CT molecular complexity index is 239. The largest absolute Gasteiger partial charge is 0.481 e. The number of aliphatic carboxylic acids is 1. The first kappa shape index (κ1) is 8.19. The smallest absolute Gasteiger partial charge is 0.308 e. The van der Waals surface area contributed by atoms with Crippen molar-refractivity contribution < 1.29 is 14.1 Å². The highest BCUT2D eigenvalue weighted by Crippen LogP contribution is 2.46. The molecule has 0 radical (unpaired) electrons. The Balaban J connectivity index is 2.11. The molecule has 0 spiro atoms. The molecule has 4 nitrogen and oxygen atoms in total. The lowest BCUT2D eigenvalue weighted by Crippen LogP contribution is -2.43. The predicted molar refractivity (Wildman–Crippen MR) is 43.8 cm³/mol. The van der Waals surface area contributed by atoms with Gasteiger partial charge in [0.15, 0.2) is 0 Å². The molecule has 5 heteroatoms. The van der Waals surface area contributed by atoms with Gasteiger partial charge in [-0.25, -0.2) is 8.51 Å². The number of nitrogens with zero attached hydrogens (tertiary/aromatic N) is 1. The SMILES string of the molecule is CS(=O)N1CC2CC1C2C(=O)O. The van der Waals surface area contributed by atoms with Crippen LogP contribution in [0.2, 0.25) is 0 Å². The van der Waals surface area contributed by atoms with Gasteiger partial charge in [-0.2, -0.15) is 0 Å². The summed E-state index contributed by atoms with van der Waals surface area (Å²) in [6.07, 6.45) is 2.52. The molecule has 2 heterocycles. The van der Waals surface area contributed by atoms with E-state index >= 15 is 0 Å². The molecule has 2 aliphatic heterocycles. The lowest BCUT2D eigenvalue weighted by Gasteiger charge is -2.32. The summed E-state index contributed by atoms with van der Waals surface area (Å²) in [5.41, 5.74) is 0. The zero-order chi connectivity index (χ0) is 8.88. The second kappa shape index (κ2) is 2.53. The number of hydrogen-bond donors (Lipinski definition) is 1. The third-order valence-electron chi connectivity index (χ3n) is 2.87. The molecule has 12 heavy (non-hydrogen) atoms. The minimum atomic E-state index is -0.997. The molecule has 2 saturated heterocycles. The molecule has 2 bridgehead atoms. The van der Waals surface area contributed by atoms with E-state index in [1.165, 1.54) is 0 Å². The summed E-state index contributed by atoms with van der Waals surface area (Å²) in [4.78, 5) is 10.7. The lowest BCUT2D eigenvalue weighted by molar-refractivity contribution is -0.147. The van der Waals surface area contributed by atoms with Crippen LogP contribution in [0.3, 0.4) is 0 Å². The van der Waals surface area contributed by atoms with Gasteiger partial charge in [-0.05, 0) is 12.3 Å². The van der Waals surface area contributed by atoms with Gasteiger partial charge in [0.2, 0.25) is 0 Å². The average molecular weight is 189 g/mol. The second-order valence-corrected chi connectivity index (χ2v) is 4.77. The van der Waals surface area contributed by atoms with Crippen molar-refractivity contribution in [1.82, 2.24) is 4.31 Å². The van der Waals surface area contributed by atoms with Crippen LogP contribution in [0.4, 0.5) is 0 Å². The van der Waals surface area contributed by atoms with Crippen molar-refractivity contribution in [2.45, 2.75) is 12.5 Å². The van der Waals surface area contributed by atoms with Crippen molar-refractivity contribution in [3.63, 3.8) is 0 Å². The molecule has 1 N–H and O–H groups in total. The number of hydrogen-bond acceptors (Lipinski definition) is 2. The summed E-state index contributed by atoms with van der Waals surface area (Å²) in [5.74, 6) is -0.741. The van der Waals surface area contributed by atoms with Gasteiger partial charge < -0.3 is 5.11 Å². The monoisotopic (exact) mass is 189 g/mol. The van der Waals surface area contributed by atoms with Gasteiger partial charge in [0, 0.05) is 18.8 Å². The van der Waals surface area contributed by atoms with Crippen molar-refractivity contribution in [3.8, 4) is 0 Å². The molecule has 3 aliphatic rings. The maximum absolute atomic E-state index is 11.1. The van der Waals surface area contributed by atoms with E-state index in [0.717, 1.165) is 6.42 Å². The fourth-order valence-electron chi connectivity index (χ4n) is 2.23. The topological polar surface area (TPSA) is 57.6 Å². The van der Waals surface area contributed by atoms with E-state index in [4.69, 9.17) is 5.11 Å². The van der Waals surface area contributed by atoms with E-state index in [0.29, 0.717) is 6.54 Å². The number of fused-ring (bicyclic) bond motifs is 1. The van der Waals surface area contributed by atoms with Crippen molar-refractivity contribution >= 4 is 17.0 Å². The first-order chi connectivity index (χ1) is 5.61. The lowest BCUT2D eigenvalue weighted by atomic mass is 9.74. The summed E-state index contributed by atoms with van der Waals surface area (Å²) in [5, 5.41) is 8.79. The Morgan fingerprint density at radius 1 is 1.67 bits per heavy atom. The number of rotatable bonds is 2. The van der Waals surface area contributed by atoms with Crippen molar-refractivity contribution in [2.75, 3.05) is 12.8 Å². The quantitative estimate of drug-likeness (QED) is 0.648. The fraction of sp³-hybridized carbons (Fsp3) is 0.857. The van der Waals surface area contributed by atoms with Crippen LogP contribution in [0.25, 0.3) is 0 Å². The van der Waals surface area contributed by atoms with Crippen LogP contribution in [0, 0.1) is 11.8 Å². The third kappa shape index (κ3) is 0.927. The molecule has 4 atom stereocenters. The summed E-state index contributed by atoms with van der Waals surface area (Å²) < 4.78 is 12.9. The minimum Gasteiger partial charge on any atom is -0.481 e. The van der Waals surface area contributed by atoms with E-state index in [9.17, 15) is 9.00 Å². The number of carboxylic acids is 1. The Labute approximate surface area is 73.1 Å². The number of carbonyl (C=O) groups is 1. The summed E-state index contributed by atoms with van der Waals surface area (Å²) in [7, 11) is -0.997. The molecule has 0 aromatic carbocycles. The second-order valence-electron chi connectivity index (χ2n) is 3.45. The van der Waals surface area contributed by atoms with Crippen LogP contribution in [0.1, 0.15) is 6.42 Å². The van der Waals surface area contributed by atoms with Gasteiger partial charge in [-0.15, -0.1) is 0 Å². The van der Waals surface area contributed by atoms with Gasteiger partial charge in [-0.1, -0.05) is 0 Å². The fourth-order valence-corrected chi connectivity index (χ4v) is 3.23. The average Bonchev–Trinajstić information content (AvgIpc) is 2.37. The molecule has 3 rings (SSSR count). The Morgan fingerprint density at radius 3 is 2.67 bits per heavy atom. The Kier molecular flexibility index (Phi) is 1.73. The van der Waals surface area contributed by atoms with Gasteiger partial charge in [-0.3, -0.25) is 4.79 Å². The molecule has 4 unspecified atom stereocenters. The van der Waals surface area contributed by atoms with E-state index in [-0.39, 0.29) is 17.9 Å². The molecule has 68 valence electrons. The molecule has 0 aromatic heterocycles. The van der Waals surface area contributed by atoms with Crippen molar-refractivity contribution in [1.29, 1.82) is 0 Å². The van der Waals surface area contributed by atoms with Crippen LogP contribution in [0.5, 0.6) is 0 Å². The molecule has 3 fully saturated rings. The van der Waals surface area contributed by atoms with Gasteiger partial charge >= 0.3 is 5.97 Å². The van der Waals surface area contributed by atoms with Gasteiger partial charge in [0.1, 0.15) is 0 Å². The first-order valence-electron chi connectivity index (χ1n) is 3.94. The summed E-state index contributed by atoms with van der Waals surface area (Å²) >= 11 is 0. The molecule has 0 aromatic rings. The highest BCUT2D eigenvalue weighted by molar-refractivity contribution is 7.81. The third-order valence-corrected chi connectivity index (χ3v) is 3.95. The summed E-state index contributed by atoms with van der Waals surface area (Å²) in [6, 6.07) is 0.0401. The standard InChI is InChI=1S/C7H11NO3S/c1-12(11)8-3-4-2-5(8)6(4)7(9)10/h4-6H,2-3H2,1H3,(H,9,10). The molecule has 0 amide bonds. The highest BCUT2D eigenvalue weighted by Gasteiger charge is 2.56. The van der Waals surface area contributed by atoms with E-state index in [1.54, 1.807) is 10.6 Å². The van der Waals surface area contributed by atoms with Crippen LogP contribution < -0.4 is 0 Å². The van der Waals surface area contributed by atoms with E-state index in [2.05, 4.69) is 0 Å². The minimum absolute atomic E-state index is 0.0401. The Morgan fingerprint density at radius 2 is 2.33 bits per heavy atom. The first-order valence-corrected chi connectivity index (χ1v) is 5.45.